The third-order valence-electron chi connectivity index (χ3n) is 1.98. The zero-order valence-corrected chi connectivity index (χ0v) is 6.68. The Hall–Kier alpha value is -0.880. The van der Waals surface area contributed by atoms with Crippen LogP contribution in [-0.4, -0.2) is 17.9 Å². The summed E-state index contributed by atoms with van der Waals surface area (Å²) in [7, 11) is 0. The van der Waals surface area contributed by atoms with Crippen LogP contribution in [0.25, 0.3) is 0 Å². The zero-order chi connectivity index (χ0) is 8.32. The topological polar surface area (TPSA) is 52.9 Å². The van der Waals surface area contributed by atoms with Crippen LogP contribution in [0.2, 0.25) is 0 Å². The molecule has 0 unspecified atom stereocenters. The second kappa shape index (κ2) is 3.02. The molecule has 0 bridgehead atoms. The van der Waals surface area contributed by atoms with E-state index in [4.69, 9.17) is 5.26 Å². The summed E-state index contributed by atoms with van der Waals surface area (Å²) in [6.07, 6.45) is 2.33. The maximum Gasteiger partial charge on any atom is 0.146 e. The molecule has 60 valence electrons. The van der Waals surface area contributed by atoms with Gasteiger partial charge in [0.25, 0.3) is 0 Å². The molecule has 0 aromatic carbocycles. The van der Waals surface area contributed by atoms with E-state index >= 15 is 0 Å². The van der Waals surface area contributed by atoms with Crippen LogP contribution in [0.1, 0.15) is 26.2 Å². The largest absolute Gasteiger partial charge is 0.298 e. The van der Waals surface area contributed by atoms with Crippen LogP contribution in [0, 0.1) is 11.3 Å². The van der Waals surface area contributed by atoms with Crippen molar-refractivity contribution in [3.05, 3.63) is 0 Å². The highest BCUT2D eigenvalue weighted by Crippen LogP contribution is 2.33. The molecule has 0 amide bonds. The van der Waals surface area contributed by atoms with E-state index in [1.54, 1.807) is 0 Å². The summed E-state index contributed by atoms with van der Waals surface area (Å²) in [6.45, 7) is 2.18. The molecule has 0 aromatic heterocycles. The number of ketones is 1. The van der Waals surface area contributed by atoms with E-state index in [9.17, 15) is 4.79 Å². The van der Waals surface area contributed by atoms with Crippen molar-refractivity contribution >= 4 is 5.78 Å². The SMILES string of the molecule is CCC(=O)CNC1(C#N)CC1. The molecule has 1 aliphatic rings. The van der Waals surface area contributed by atoms with E-state index in [1.807, 2.05) is 6.92 Å². The average Bonchev–Trinajstić information content (AvgIpc) is 2.81. The summed E-state index contributed by atoms with van der Waals surface area (Å²) < 4.78 is 0. The van der Waals surface area contributed by atoms with Crippen LogP contribution in [-0.2, 0) is 4.79 Å². The fraction of sp³-hybridized carbons (Fsp3) is 0.750. The summed E-state index contributed by atoms with van der Waals surface area (Å²) >= 11 is 0. The molecule has 0 aliphatic heterocycles. The minimum atomic E-state index is -0.342. The number of Topliss-reactive ketones (excluding diaryl/α,β-unsaturated/α-hetero) is 1. The fourth-order valence-electron chi connectivity index (χ4n) is 0.846. The minimum absolute atomic E-state index is 0.173. The van der Waals surface area contributed by atoms with E-state index in [-0.39, 0.29) is 11.3 Å². The molecule has 0 saturated heterocycles. The van der Waals surface area contributed by atoms with E-state index in [0.29, 0.717) is 13.0 Å². The molecule has 0 atom stereocenters. The van der Waals surface area contributed by atoms with Gasteiger partial charge in [-0.25, -0.2) is 0 Å². The summed E-state index contributed by atoms with van der Waals surface area (Å²) in [5.41, 5.74) is -0.342. The number of rotatable bonds is 4. The van der Waals surface area contributed by atoms with Crippen LogP contribution >= 0.6 is 0 Å². The lowest BCUT2D eigenvalue weighted by molar-refractivity contribution is -0.118. The lowest BCUT2D eigenvalue weighted by Crippen LogP contribution is -2.34. The molecule has 0 aromatic rings. The maximum atomic E-state index is 10.8. The summed E-state index contributed by atoms with van der Waals surface area (Å²) in [5, 5.41) is 11.6. The number of nitrogens with one attached hydrogen (secondary N) is 1. The Bertz CT molecular complexity index is 201. The highest BCUT2D eigenvalue weighted by molar-refractivity contribution is 5.80. The van der Waals surface area contributed by atoms with Crippen molar-refractivity contribution in [2.45, 2.75) is 31.7 Å². The third-order valence-corrected chi connectivity index (χ3v) is 1.98. The second-order valence-electron chi connectivity index (χ2n) is 2.94. The highest BCUT2D eigenvalue weighted by atomic mass is 16.1. The minimum Gasteiger partial charge on any atom is -0.298 e. The lowest BCUT2D eigenvalue weighted by atomic mass is 10.2. The number of nitrogens with zero attached hydrogens (tertiary/aromatic N) is 1. The van der Waals surface area contributed by atoms with Crippen LogP contribution in [0.4, 0.5) is 0 Å². The van der Waals surface area contributed by atoms with E-state index in [0.717, 1.165) is 12.8 Å². The van der Waals surface area contributed by atoms with E-state index in [1.165, 1.54) is 0 Å². The normalized spacial score (nSPS) is 18.9. The van der Waals surface area contributed by atoms with E-state index < -0.39 is 0 Å². The molecule has 0 heterocycles. The van der Waals surface area contributed by atoms with Gasteiger partial charge in [-0.2, -0.15) is 5.26 Å². The Labute approximate surface area is 66.4 Å². The second-order valence-corrected chi connectivity index (χ2v) is 2.94. The summed E-state index contributed by atoms with van der Waals surface area (Å²) in [5.74, 6) is 0.173. The van der Waals surface area contributed by atoms with Gasteiger partial charge in [0.15, 0.2) is 0 Å². The molecule has 3 nitrogen and oxygen atoms in total. The Balaban J connectivity index is 2.23. The van der Waals surface area contributed by atoms with Gasteiger partial charge >= 0.3 is 0 Å². The highest BCUT2D eigenvalue weighted by Gasteiger charge is 2.42. The van der Waals surface area contributed by atoms with Crippen molar-refractivity contribution in [2.24, 2.45) is 0 Å². The molecule has 0 spiro atoms. The van der Waals surface area contributed by atoms with Gasteiger partial charge in [0.1, 0.15) is 11.3 Å². The molecule has 1 N–H and O–H groups in total. The Morgan fingerprint density at radius 2 is 2.36 bits per heavy atom. The lowest BCUT2D eigenvalue weighted by Gasteiger charge is -2.05. The van der Waals surface area contributed by atoms with Gasteiger partial charge in [-0.3, -0.25) is 10.1 Å². The molecule has 3 heteroatoms. The Kier molecular flexibility index (Phi) is 2.25. The van der Waals surface area contributed by atoms with Gasteiger partial charge in [-0.15, -0.1) is 0 Å². The first-order valence-electron chi connectivity index (χ1n) is 3.90. The van der Waals surface area contributed by atoms with Crippen LogP contribution in [0.15, 0.2) is 0 Å². The fourth-order valence-corrected chi connectivity index (χ4v) is 0.846. The number of carbonyl (C=O) groups is 1. The molecule has 1 rings (SSSR count). The predicted molar refractivity (Wildman–Crippen MR) is 40.9 cm³/mol. The molecule has 1 aliphatic carbocycles. The summed E-state index contributed by atoms with van der Waals surface area (Å²) in [6, 6.07) is 2.17. The van der Waals surface area contributed by atoms with Crippen molar-refractivity contribution in [1.82, 2.24) is 5.32 Å². The van der Waals surface area contributed by atoms with Crippen molar-refractivity contribution in [1.29, 1.82) is 5.26 Å². The quantitative estimate of drug-likeness (QED) is 0.642. The third kappa shape index (κ3) is 2.02. The maximum absolute atomic E-state index is 10.8. The van der Waals surface area contributed by atoms with Gasteiger partial charge in [-0.1, -0.05) is 6.92 Å². The van der Waals surface area contributed by atoms with Crippen LogP contribution in [0.5, 0.6) is 0 Å². The first kappa shape index (κ1) is 8.22. The molecular formula is C8H12N2O. The van der Waals surface area contributed by atoms with Crippen LogP contribution in [0.3, 0.4) is 0 Å². The van der Waals surface area contributed by atoms with Gasteiger partial charge in [0.05, 0.1) is 12.6 Å². The number of hydrogen-bond donors (Lipinski definition) is 1. The monoisotopic (exact) mass is 152 g/mol. The van der Waals surface area contributed by atoms with Gasteiger partial charge < -0.3 is 0 Å². The van der Waals surface area contributed by atoms with Gasteiger partial charge in [0, 0.05) is 6.42 Å². The van der Waals surface area contributed by atoms with Gasteiger partial charge in [0.2, 0.25) is 0 Å². The van der Waals surface area contributed by atoms with Crippen molar-refractivity contribution < 1.29 is 4.79 Å². The van der Waals surface area contributed by atoms with Crippen molar-refractivity contribution in [3.63, 3.8) is 0 Å². The van der Waals surface area contributed by atoms with Gasteiger partial charge in [-0.05, 0) is 12.8 Å². The predicted octanol–water partition coefficient (Wildman–Crippen LogP) is 0.611. The number of nitriles is 1. The number of carbonyl (C=O) groups excluding carboxylic acids is 1. The van der Waals surface area contributed by atoms with E-state index in [2.05, 4.69) is 11.4 Å². The first-order chi connectivity index (χ1) is 5.22. The smallest absolute Gasteiger partial charge is 0.146 e. The molecule has 1 fully saturated rings. The first-order valence-corrected chi connectivity index (χ1v) is 3.90. The number of hydrogen-bond acceptors (Lipinski definition) is 3. The zero-order valence-electron chi connectivity index (χ0n) is 6.68. The Morgan fingerprint density at radius 3 is 2.73 bits per heavy atom. The summed E-state index contributed by atoms with van der Waals surface area (Å²) in [4.78, 5) is 10.8. The van der Waals surface area contributed by atoms with Crippen molar-refractivity contribution in [3.8, 4) is 6.07 Å². The average molecular weight is 152 g/mol. The Morgan fingerprint density at radius 1 is 1.73 bits per heavy atom. The molecule has 0 radical (unpaired) electrons. The molecular weight excluding hydrogens is 140 g/mol. The van der Waals surface area contributed by atoms with Crippen LogP contribution < -0.4 is 5.32 Å². The molecule has 11 heavy (non-hydrogen) atoms. The van der Waals surface area contributed by atoms with Crippen molar-refractivity contribution in [2.75, 3.05) is 6.54 Å². The standard InChI is InChI=1S/C8H12N2O/c1-2-7(11)5-10-8(6-9)3-4-8/h10H,2-5H2,1H3. The molecule has 1 saturated carbocycles.